The Morgan fingerprint density at radius 2 is 1.93 bits per heavy atom. The molecule has 3 aromatic rings. The van der Waals surface area contributed by atoms with Crippen LogP contribution in [0.5, 0.6) is 0 Å². The fraction of sp³-hybridized carbons (Fsp3) is 0.333. The molecule has 1 aliphatic heterocycles. The Morgan fingerprint density at radius 1 is 1.21 bits per heavy atom. The predicted molar refractivity (Wildman–Crippen MR) is 115 cm³/mol. The molecule has 1 aromatic carbocycles. The molecule has 0 saturated heterocycles. The van der Waals surface area contributed by atoms with Crippen LogP contribution in [-0.2, 0) is 13.6 Å². The Kier molecular flexibility index (Phi) is 4.49. The van der Waals surface area contributed by atoms with E-state index in [0.29, 0.717) is 23.7 Å². The zero-order valence-corrected chi connectivity index (χ0v) is 17.1. The largest absolute Gasteiger partial charge is 0.332 e. The van der Waals surface area contributed by atoms with E-state index < -0.39 is 0 Å². The van der Waals surface area contributed by atoms with Gasteiger partial charge in [-0.2, -0.15) is 10.1 Å². The number of nitrogens with zero attached hydrogens (tertiary/aromatic N) is 6. The Hall–Kier alpha value is -3.42. The Bertz CT molecular complexity index is 1280. The summed E-state index contributed by atoms with van der Waals surface area (Å²) in [5.74, 6) is 0.541. The van der Waals surface area contributed by atoms with Crippen LogP contribution in [0.2, 0.25) is 0 Å². The topological polar surface area (TPSA) is 77.4 Å². The second-order valence-electron chi connectivity index (χ2n) is 7.40. The molecule has 3 heterocycles. The van der Waals surface area contributed by atoms with Crippen LogP contribution in [0.15, 0.2) is 51.6 Å². The van der Waals surface area contributed by atoms with Crippen molar-refractivity contribution in [3.63, 3.8) is 0 Å². The van der Waals surface area contributed by atoms with E-state index in [0.717, 1.165) is 16.8 Å². The summed E-state index contributed by atoms with van der Waals surface area (Å²) in [6.45, 7) is 10.3. The Labute approximate surface area is 168 Å². The van der Waals surface area contributed by atoms with Crippen molar-refractivity contribution in [3.05, 3.63) is 68.9 Å². The van der Waals surface area contributed by atoms with E-state index in [2.05, 4.69) is 16.7 Å². The summed E-state index contributed by atoms with van der Waals surface area (Å²) in [4.78, 5) is 31.1. The molecule has 8 nitrogen and oxygen atoms in total. The van der Waals surface area contributed by atoms with Crippen LogP contribution in [-0.4, -0.2) is 30.9 Å². The van der Waals surface area contributed by atoms with E-state index in [-0.39, 0.29) is 23.8 Å². The summed E-state index contributed by atoms with van der Waals surface area (Å²) in [5.41, 5.74) is 2.87. The van der Waals surface area contributed by atoms with E-state index in [1.165, 1.54) is 9.13 Å². The lowest BCUT2D eigenvalue weighted by Gasteiger charge is -2.28. The number of hydrogen-bond acceptors (Lipinski definition) is 5. The van der Waals surface area contributed by atoms with Gasteiger partial charge < -0.3 is 0 Å². The Balaban J connectivity index is 2.01. The average molecular weight is 392 g/mol. The monoisotopic (exact) mass is 392 g/mol. The molecular weight excluding hydrogens is 368 g/mol. The molecule has 0 fully saturated rings. The summed E-state index contributed by atoms with van der Waals surface area (Å²) in [7, 11) is 1.65. The van der Waals surface area contributed by atoms with Gasteiger partial charge in [0.15, 0.2) is 11.2 Å². The fourth-order valence-corrected chi connectivity index (χ4v) is 3.72. The maximum absolute atomic E-state index is 13.5. The van der Waals surface area contributed by atoms with Crippen LogP contribution < -0.4 is 16.3 Å². The van der Waals surface area contributed by atoms with E-state index in [1.807, 2.05) is 49.6 Å². The second-order valence-corrected chi connectivity index (χ2v) is 7.40. The lowest BCUT2D eigenvalue weighted by molar-refractivity contribution is 0.633. The minimum absolute atomic E-state index is 0.145. The van der Waals surface area contributed by atoms with Crippen molar-refractivity contribution in [2.24, 2.45) is 12.1 Å². The van der Waals surface area contributed by atoms with Crippen LogP contribution in [0.25, 0.3) is 11.2 Å². The molecule has 0 amide bonds. The van der Waals surface area contributed by atoms with Crippen LogP contribution >= 0.6 is 0 Å². The lowest BCUT2D eigenvalue weighted by atomic mass is 10.1. The zero-order chi connectivity index (χ0) is 20.9. The number of imidazole rings is 1. The van der Waals surface area contributed by atoms with Crippen LogP contribution in [0.3, 0.4) is 0 Å². The molecule has 8 heteroatoms. The van der Waals surface area contributed by atoms with E-state index >= 15 is 0 Å². The summed E-state index contributed by atoms with van der Waals surface area (Å²) >= 11 is 0. The minimum Gasteiger partial charge on any atom is -0.294 e. The quantitative estimate of drug-likeness (QED) is 0.638. The fourth-order valence-electron chi connectivity index (χ4n) is 3.72. The van der Waals surface area contributed by atoms with Crippen molar-refractivity contribution in [2.45, 2.75) is 33.4 Å². The first-order valence-electron chi connectivity index (χ1n) is 9.55. The molecule has 0 radical (unpaired) electrons. The van der Waals surface area contributed by atoms with Crippen molar-refractivity contribution < 1.29 is 0 Å². The highest BCUT2D eigenvalue weighted by molar-refractivity contribution is 5.91. The third kappa shape index (κ3) is 2.83. The van der Waals surface area contributed by atoms with Crippen molar-refractivity contribution >= 4 is 22.8 Å². The molecule has 150 valence electrons. The van der Waals surface area contributed by atoms with Gasteiger partial charge in [-0.15, -0.1) is 6.58 Å². The first kappa shape index (κ1) is 18.9. The number of aryl methyl sites for hydroxylation is 2. The molecule has 0 aliphatic carbocycles. The van der Waals surface area contributed by atoms with Gasteiger partial charge in [0.05, 0.1) is 24.8 Å². The van der Waals surface area contributed by atoms with E-state index in [4.69, 9.17) is 0 Å². The first-order chi connectivity index (χ1) is 13.8. The third-order valence-corrected chi connectivity index (χ3v) is 5.55. The van der Waals surface area contributed by atoms with Gasteiger partial charge in [-0.25, -0.2) is 9.80 Å². The van der Waals surface area contributed by atoms with Gasteiger partial charge in [-0.1, -0.05) is 30.3 Å². The smallest absolute Gasteiger partial charge is 0.294 e. The molecule has 0 spiro atoms. The van der Waals surface area contributed by atoms with Crippen molar-refractivity contribution in [3.8, 4) is 0 Å². The van der Waals surface area contributed by atoms with E-state index in [9.17, 15) is 9.59 Å². The molecule has 4 rings (SSSR count). The number of aromatic nitrogens is 4. The molecule has 2 aromatic heterocycles. The highest BCUT2D eigenvalue weighted by Crippen LogP contribution is 2.29. The van der Waals surface area contributed by atoms with Crippen LogP contribution in [0, 0.1) is 6.92 Å². The maximum atomic E-state index is 13.5. The van der Waals surface area contributed by atoms with Gasteiger partial charge >= 0.3 is 5.69 Å². The molecule has 1 atom stereocenters. The molecule has 0 unspecified atom stereocenters. The van der Waals surface area contributed by atoms with Gasteiger partial charge in [0.2, 0.25) is 5.95 Å². The number of rotatable bonds is 4. The average Bonchev–Trinajstić information content (AvgIpc) is 3.10. The van der Waals surface area contributed by atoms with Gasteiger partial charge in [0, 0.05) is 7.05 Å². The number of hydrazone groups is 1. The molecule has 0 N–H and O–H groups in total. The van der Waals surface area contributed by atoms with Gasteiger partial charge in [-0.05, 0) is 31.9 Å². The normalized spacial score (nSPS) is 16.1. The van der Waals surface area contributed by atoms with E-state index in [1.54, 1.807) is 18.1 Å². The second kappa shape index (κ2) is 6.88. The molecule has 29 heavy (non-hydrogen) atoms. The summed E-state index contributed by atoms with van der Waals surface area (Å²) in [6, 6.07) is 7.61. The van der Waals surface area contributed by atoms with Crippen molar-refractivity contribution in [1.29, 1.82) is 0 Å². The standard InChI is InChI=1S/C21H24N6O2/c1-6-11-26-20-22-18-17(27(20)15(4)14(3)23-26)19(28)25(21(29)24(18)5)12-16-10-8-7-9-13(16)2/h6-10,15H,1,11-12H2,2-5H3/t15-/m0/s1. The molecule has 0 saturated carbocycles. The molecule has 0 bridgehead atoms. The van der Waals surface area contributed by atoms with Crippen LogP contribution in [0.4, 0.5) is 5.95 Å². The minimum atomic E-state index is -0.387. The SMILES string of the molecule is C=CCN1N=C(C)[C@H](C)n2c1nc1c2c(=O)n(Cc2ccccc2C)c(=O)n1C. The summed E-state index contributed by atoms with van der Waals surface area (Å²) in [6.07, 6.45) is 1.73. The van der Waals surface area contributed by atoms with Gasteiger partial charge in [0.1, 0.15) is 0 Å². The van der Waals surface area contributed by atoms with Crippen LogP contribution in [0.1, 0.15) is 31.0 Å². The summed E-state index contributed by atoms with van der Waals surface area (Å²) in [5, 5.41) is 6.28. The number of hydrogen-bond donors (Lipinski definition) is 0. The highest BCUT2D eigenvalue weighted by Gasteiger charge is 2.30. The molecular formula is C21H24N6O2. The predicted octanol–water partition coefficient (Wildman–Crippen LogP) is 2.20. The van der Waals surface area contributed by atoms with Gasteiger partial charge in [0.25, 0.3) is 5.56 Å². The van der Waals surface area contributed by atoms with Gasteiger partial charge in [-0.3, -0.25) is 18.5 Å². The zero-order valence-electron chi connectivity index (χ0n) is 17.1. The lowest BCUT2D eigenvalue weighted by Crippen LogP contribution is -2.40. The third-order valence-electron chi connectivity index (χ3n) is 5.55. The first-order valence-corrected chi connectivity index (χ1v) is 9.55. The van der Waals surface area contributed by atoms with Crippen molar-refractivity contribution in [1.82, 2.24) is 18.7 Å². The maximum Gasteiger partial charge on any atom is 0.332 e. The molecule has 1 aliphatic rings. The Morgan fingerprint density at radius 3 is 2.62 bits per heavy atom. The number of benzene rings is 1. The van der Waals surface area contributed by atoms with Crippen molar-refractivity contribution in [2.75, 3.05) is 11.6 Å². The number of fused-ring (bicyclic) bond motifs is 3. The highest BCUT2D eigenvalue weighted by atomic mass is 16.2. The number of anilines is 1. The summed E-state index contributed by atoms with van der Waals surface area (Å²) < 4.78 is 4.59.